The fourth-order valence-electron chi connectivity index (χ4n) is 2.86. The Labute approximate surface area is 145 Å². The van der Waals surface area contributed by atoms with Gasteiger partial charge in [0.2, 0.25) is 9.84 Å². The number of likely N-dealkylation sites (N-methyl/N-ethyl adjacent to an activating group) is 1. The first kappa shape index (κ1) is 17.1. The highest BCUT2D eigenvalue weighted by Crippen LogP contribution is 2.35. The van der Waals surface area contributed by atoms with Gasteiger partial charge in [-0.25, -0.2) is 8.42 Å². The van der Waals surface area contributed by atoms with E-state index in [0.29, 0.717) is 16.9 Å². The van der Waals surface area contributed by atoms with Crippen molar-refractivity contribution in [1.82, 2.24) is 4.90 Å². The number of aldehydes is 1. The smallest absolute Gasteiger partial charge is 0.219 e. The van der Waals surface area contributed by atoms with Crippen LogP contribution in [0.5, 0.6) is 5.75 Å². The Bertz CT molecular complexity index is 871. The first-order valence-electron chi connectivity index (χ1n) is 7.64. The summed E-state index contributed by atoms with van der Waals surface area (Å²) in [7, 11) is -0.165. The van der Waals surface area contributed by atoms with E-state index in [0.717, 1.165) is 48.4 Å². The molecule has 2 aromatic rings. The molecule has 5 nitrogen and oxygen atoms in total. The molecule has 2 heterocycles. The molecule has 0 unspecified atom stereocenters. The molecule has 0 saturated carbocycles. The van der Waals surface area contributed by atoms with Gasteiger partial charge in [-0.2, -0.15) is 0 Å². The van der Waals surface area contributed by atoms with E-state index in [2.05, 4.69) is 11.9 Å². The number of benzene rings is 1. The highest BCUT2D eigenvalue weighted by atomic mass is 32.2. The predicted octanol–water partition coefficient (Wildman–Crippen LogP) is 2.43. The quantitative estimate of drug-likeness (QED) is 0.779. The monoisotopic (exact) mass is 365 g/mol. The van der Waals surface area contributed by atoms with Crippen LogP contribution < -0.4 is 4.74 Å². The van der Waals surface area contributed by atoms with Crippen LogP contribution >= 0.6 is 11.3 Å². The molecular weight excluding hydrogens is 346 g/mol. The summed E-state index contributed by atoms with van der Waals surface area (Å²) in [6.45, 7) is 1.84. The minimum Gasteiger partial charge on any atom is -0.495 e. The number of nitrogens with zero attached hydrogens (tertiary/aromatic N) is 1. The Balaban J connectivity index is 2.11. The molecule has 0 fully saturated rings. The molecule has 1 aliphatic rings. The van der Waals surface area contributed by atoms with Crippen molar-refractivity contribution in [3.8, 4) is 5.75 Å². The maximum absolute atomic E-state index is 13.0. The van der Waals surface area contributed by atoms with Crippen molar-refractivity contribution in [2.75, 3.05) is 27.2 Å². The first-order valence-corrected chi connectivity index (χ1v) is 9.94. The van der Waals surface area contributed by atoms with Crippen molar-refractivity contribution in [3.63, 3.8) is 0 Å². The standard InChI is InChI=1S/C17H19NO4S2/c1-18-7-5-12-9-15(22-2)16(10-13(12)6-8-18)24(20,21)17-4-3-14(11-19)23-17/h3-4,9-11H,5-8H2,1-2H3. The summed E-state index contributed by atoms with van der Waals surface area (Å²) < 4.78 is 31.5. The summed E-state index contributed by atoms with van der Waals surface area (Å²) in [5.74, 6) is 0.361. The number of hydrogen-bond donors (Lipinski definition) is 0. The number of methoxy groups -OCH3 is 1. The maximum atomic E-state index is 13.0. The van der Waals surface area contributed by atoms with Gasteiger partial charge in [-0.3, -0.25) is 4.79 Å². The van der Waals surface area contributed by atoms with Gasteiger partial charge in [0, 0.05) is 13.1 Å². The lowest BCUT2D eigenvalue weighted by molar-refractivity contribution is 0.112. The molecule has 0 bridgehead atoms. The molecule has 7 heteroatoms. The van der Waals surface area contributed by atoms with Gasteiger partial charge in [0.25, 0.3) is 0 Å². The van der Waals surface area contributed by atoms with Gasteiger partial charge in [0.15, 0.2) is 6.29 Å². The van der Waals surface area contributed by atoms with E-state index >= 15 is 0 Å². The number of hydrogen-bond acceptors (Lipinski definition) is 6. The van der Waals surface area contributed by atoms with E-state index in [1.807, 2.05) is 6.07 Å². The normalized spacial score (nSPS) is 15.6. The van der Waals surface area contributed by atoms with Gasteiger partial charge in [-0.05, 0) is 55.3 Å². The minimum atomic E-state index is -3.71. The summed E-state index contributed by atoms with van der Waals surface area (Å²) >= 11 is 0.976. The molecule has 1 aliphatic heterocycles. The lowest BCUT2D eigenvalue weighted by atomic mass is 10.0. The van der Waals surface area contributed by atoms with Gasteiger partial charge >= 0.3 is 0 Å². The fourth-order valence-corrected chi connectivity index (χ4v) is 5.58. The van der Waals surface area contributed by atoms with Gasteiger partial charge in [0.1, 0.15) is 14.9 Å². The Morgan fingerprint density at radius 3 is 2.42 bits per heavy atom. The zero-order valence-corrected chi connectivity index (χ0v) is 15.2. The second kappa shape index (κ2) is 6.66. The number of fused-ring (bicyclic) bond motifs is 1. The van der Waals surface area contributed by atoms with Crippen LogP contribution in [0.25, 0.3) is 0 Å². The highest BCUT2D eigenvalue weighted by Gasteiger charge is 2.26. The third-order valence-electron chi connectivity index (χ3n) is 4.28. The third kappa shape index (κ3) is 3.11. The SMILES string of the molecule is COc1cc2c(cc1S(=O)(=O)c1ccc(C=O)s1)CCN(C)CC2. The van der Waals surface area contributed by atoms with Crippen LogP contribution in [0.3, 0.4) is 0 Å². The molecule has 1 aromatic carbocycles. The second-order valence-corrected chi connectivity index (χ2v) is 9.11. The third-order valence-corrected chi connectivity index (χ3v) is 7.56. The molecule has 0 saturated heterocycles. The van der Waals surface area contributed by atoms with Crippen LogP contribution in [0.4, 0.5) is 0 Å². The predicted molar refractivity (Wildman–Crippen MR) is 93.1 cm³/mol. The summed E-state index contributed by atoms with van der Waals surface area (Å²) in [4.78, 5) is 13.7. The molecule has 0 N–H and O–H groups in total. The molecule has 128 valence electrons. The highest BCUT2D eigenvalue weighted by molar-refractivity contribution is 7.93. The van der Waals surface area contributed by atoms with Crippen LogP contribution in [0.15, 0.2) is 33.4 Å². The van der Waals surface area contributed by atoms with Crippen LogP contribution in [-0.2, 0) is 22.7 Å². The lowest BCUT2D eigenvalue weighted by Crippen LogP contribution is -2.20. The Kier molecular flexibility index (Phi) is 4.76. The Morgan fingerprint density at radius 2 is 1.83 bits per heavy atom. The molecular formula is C17H19NO4S2. The van der Waals surface area contributed by atoms with Crippen LogP contribution in [0.1, 0.15) is 20.8 Å². The fraction of sp³-hybridized carbons (Fsp3) is 0.353. The van der Waals surface area contributed by atoms with Crippen LogP contribution in [0, 0.1) is 0 Å². The topological polar surface area (TPSA) is 63.7 Å². The van der Waals surface area contributed by atoms with Crippen LogP contribution in [0.2, 0.25) is 0 Å². The summed E-state index contributed by atoms with van der Waals surface area (Å²) in [5, 5.41) is 0. The van der Waals surface area contributed by atoms with Crippen molar-refractivity contribution in [2.24, 2.45) is 0 Å². The van der Waals surface area contributed by atoms with Crippen molar-refractivity contribution >= 4 is 27.5 Å². The Hall–Kier alpha value is -1.70. The molecule has 24 heavy (non-hydrogen) atoms. The molecule has 0 spiro atoms. The molecule has 0 radical (unpaired) electrons. The number of carbonyl (C=O) groups is 1. The van der Waals surface area contributed by atoms with E-state index in [9.17, 15) is 13.2 Å². The number of ether oxygens (including phenoxy) is 1. The van der Waals surface area contributed by atoms with E-state index in [1.165, 1.54) is 19.2 Å². The van der Waals surface area contributed by atoms with Crippen molar-refractivity contribution in [2.45, 2.75) is 21.9 Å². The van der Waals surface area contributed by atoms with E-state index in [-0.39, 0.29) is 9.10 Å². The average molecular weight is 365 g/mol. The summed E-state index contributed by atoms with van der Waals surface area (Å²) in [6, 6.07) is 6.58. The van der Waals surface area contributed by atoms with Gasteiger partial charge < -0.3 is 9.64 Å². The van der Waals surface area contributed by atoms with Gasteiger partial charge in [0.05, 0.1) is 12.0 Å². The summed E-state index contributed by atoms with van der Waals surface area (Å²) in [5.41, 5.74) is 2.18. The number of sulfone groups is 1. The maximum Gasteiger partial charge on any atom is 0.219 e. The number of carbonyl (C=O) groups excluding carboxylic acids is 1. The van der Waals surface area contributed by atoms with Gasteiger partial charge in [-0.15, -0.1) is 11.3 Å². The molecule has 3 rings (SSSR count). The van der Waals surface area contributed by atoms with E-state index in [4.69, 9.17) is 4.74 Å². The van der Waals surface area contributed by atoms with Crippen molar-refractivity contribution in [3.05, 3.63) is 40.3 Å². The number of thiophene rings is 1. The van der Waals surface area contributed by atoms with E-state index in [1.54, 1.807) is 6.07 Å². The minimum absolute atomic E-state index is 0.161. The second-order valence-electron chi connectivity index (χ2n) is 5.85. The molecule has 0 amide bonds. The van der Waals surface area contributed by atoms with Crippen molar-refractivity contribution < 1.29 is 17.9 Å². The average Bonchev–Trinajstić information content (AvgIpc) is 3.00. The van der Waals surface area contributed by atoms with Crippen LogP contribution in [-0.4, -0.2) is 46.9 Å². The lowest BCUT2D eigenvalue weighted by Gasteiger charge is -2.13. The Morgan fingerprint density at radius 1 is 1.17 bits per heavy atom. The molecule has 0 aliphatic carbocycles. The van der Waals surface area contributed by atoms with E-state index < -0.39 is 9.84 Å². The first-order chi connectivity index (χ1) is 11.5. The summed E-state index contributed by atoms with van der Waals surface area (Å²) in [6.07, 6.45) is 2.34. The molecule has 1 aromatic heterocycles. The molecule has 0 atom stereocenters. The zero-order chi connectivity index (χ0) is 17.3. The zero-order valence-electron chi connectivity index (χ0n) is 13.6. The number of rotatable bonds is 4. The van der Waals surface area contributed by atoms with Gasteiger partial charge in [-0.1, -0.05) is 0 Å². The largest absolute Gasteiger partial charge is 0.495 e. The van der Waals surface area contributed by atoms with Crippen molar-refractivity contribution in [1.29, 1.82) is 0 Å².